The quantitative estimate of drug-likeness (QED) is 0.449. The minimum atomic E-state index is -0.119. The van der Waals surface area contributed by atoms with E-state index in [0.717, 1.165) is 19.3 Å². The summed E-state index contributed by atoms with van der Waals surface area (Å²) in [4.78, 5) is 11.5. The predicted octanol–water partition coefficient (Wildman–Crippen LogP) is 1.24. The number of nitrogens with zero attached hydrogens (tertiary/aromatic N) is 1. The third-order valence-electron chi connectivity index (χ3n) is 2.13. The highest BCUT2D eigenvalue weighted by Gasteiger charge is 2.04. The van der Waals surface area contributed by atoms with Gasteiger partial charge in [-0.25, -0.2) is 0 Å². The molecule has 1 rings (SSSR count). The van der Waals surface area contributed by atoms with Gasteiger partial charge in [0.25, 0.3) is 5.91 Å². The monoisotopic (exact) mass is 208 g/mol. The van der Waals surface area contributed by atoms with E-state index >= 15 is 0 Å². The number of aromatic nitrogens is 1. The fraction of sp³-hybridized carbons (Fsp3) is 0.455. The van der Waals surface area contributed by atoms with Crippen LogP contribution in [0.15, 0.2) is 24.5 Å². The van der Waals surface area contributed by atoms with Crippen LogP contribution in [0.25, 0.3) is 0 Å². The first kappa shape index (κ1) is 11.5. The molecule has 1 amide bonds. The molecule has 0 saturated carbocycles. The number of hydrogen-bond donors (Lipinski definition) is 1. The summed E-state index contributed by atoms with van der Waals surface area (Å²) in [7, 11) is 0. The lowest BCUT2D eigenvalue weighted by Gasteiger charge is -2.04. The average Bonchev–Trinajstić information content (AvgIpc) is 2.25. The van der Waals surface area contributed by atoms with E-state index in [4.69, 9.17) is 0 Å². The van der Waals surface area contributed by atoms with Crippen LogP contribution in [0.2, 0.25) is 0 Å². The topological polar surface area (TPSA) is 56.0 Å². The summed E-state index contributed by atoms with van der Waals surface area (Å²) in [6.45, 7) is 2.81. The SMILES string of the molecule is CCCCCNC(=O)c1cc[n+]([O-])cc1. The van der Waals surface area contributed by atoms with Crippen LogP contribution < -0.4 is 10.0 Å². The Hall–Kier alpha value is -1.58. The first-order valence-corrected chi connectivity index (χ1v) is 5.21. The molecule has 0 fully saturated rings. The largest absolute Gasteiger partial charge is 0.619 e. The number of nitrogens with one attached hydrogen (secondary N) is 1. The number of hydrogen-bond acceptors (Lipinski definition) is 2. The molecule has 4 heteroatoms. The van der Waals surface area contributed by atoms with Gasteiger partial charge in [-0.2, -0.15) is 4.73 Å². The van der Waals surface area contributed by atoms with E-state index in [1.165, 1.54) is 24.5 Å². The maximum Gasteiger partial charge on any atom is 0.251 e. The van der Waals surface area contributed by atoms with Gasteiger partial charge in [0.05, 0.1) is 5.56 Å². The van der Waals surface area contributed by atoms with Gasteiger partial charge in [0.1, 0.15) is 0 Å². The third-order valence-corrected chi connectivity index (χ3v) is 2.13. The Kier molecular flexibility index (Phi) is 4.60. The van der Waals surface area contributed by atoms with Crippen molar-refractivity contribution in [2.45, 2.75) is 26.2 Å². The smallest absolute Gasteiger partial charge is 0.251 e. The van der Waals surface area contributed by atoms with Crippen LogP contribution in [0.3, 0.4) is 0 Å². The van der Waals surface area contributed by atoms with Crippen LogP contribution >= 0.6 is 0 Å². The maximum atomic E-state index is 11.5. The first-order chi connectivity index (χ1) is 7.24. The number of unbranched alkanes of at least 4 members (excludes halogenated alkanes) is 2. The molecular weight excluding hydrogens is 192 g/mol. The molecule has 0 unspecified atom stereocenters. The van der Waals surface area contributed by atoms with Crippen molar-refractivity contribution < 1.29 is 9.52 Å². The second-order valence-electron chi connectivity index (χ2n) is 3.41. The van der Waals surface area contributed by atoms with Gasteiger partial charge in [0.2, 0.25) is 0 Å². The van der Waals surface area contributed by atoms with Crippen LogP contribution in [-0.2, 0) is 0 Å². The fourth-order valence-electron chi connectivity index (χ4n) is 1.24. The summed E-state index contributed by atoms with van der Waals surface area (Å²) in [6, 6.07) is 3.03. The van der Waals surface area contributed by atoms with E-state index in [1.54, 1.807) is 0 Å². The average molecular weight is 208 g/mol. The van der Waals surface area contributed by atoms with Gasteiger partial charge in [-0.05, 0) is 6.42 Å². The summed E-state index contributed by atoms with van der Waals surface area (Å²) in [5.74, 6) is -0.119. The standard InChI is InChI=1S/C11H16N2O2/c1-2-3-4-7-12-11(14)10-5-8-13(15)9-6-10/h5-6,8-9H,2-4,7H2,1H3,(H,12,14). The molecule has 0 saturated heterocycles. The molecule has 1 heterocycles. The number of carbonyl (C=O) groups excluding carboxylic acids is 1. The predicted molar refractivity (Wildman–Crippen MR) is 57.3 cm³/mol. The second-order valence-corrected chi connectivity index (χ2v) is 3.41. The van der Waals surface area contributed by atoms with Crippen molar-refractivity contribution in [3.05, 3.63) is 35.3 Å². The van der Waals surface area contributed by atoms with Crippen molar-refractivity contribution in [1.29, 1.82) is 0 Å². The van der Waals surface area contributed by atoms with Gasteiger partial charge in [0, 0.05) is 18.7 Å². The van der Waals surface area contributed by atoms with Crippen molar-refractivity contribution in [2.24, 2.45) is 0 Å². The molecule has 0 atom stereocenters. The minimum Gasteiger partial charge on any atom is -0.619 e. The number of rotatable bonds is 5. The molecule has 1 aromatic rings. The van der Waals surface area contributed by atoms with Crippen LogP contribution in [0.1, 0.15) is 36.5 Å². The summed E-state index contributed by atoms with van der Waals surface area (Å²) < 4.78 is 0.661. The minimum absolute atomic E-state index is 0.119. The van der Waals surface area contributed by atoms with E-state index in [9.17, 15) is 10.0 Å². The van der Waals surface area contributed by atoms with Gasteiger partial charge in [-0.15, -0.1) is 0 Å². The van der Waals surface area contributed by atoms with Crippen LogP contribution in [-0.4, -0.2) is 12.5 Å². The molecule has 0 aliphatic heterocycles. The van der Waals surface area contributed by atoms with Crippen LogP contribution in [0.5, 0.6) is 0 Å². The highest BCUT2D eigenvalue weighted by Crippen LogP contribution is 1.96. The molecule has 0 spiro atoms. The van der Waals surface area contributed by atoms with E-state index < -0.39 is 0 Å². The third kappa shape index (κ3) is 3.97. The lowest BCUT2D eigenvalue weighted by atomic mass is 10.2. The van der Waals surface area contributed by atoms with Crippen LogP contribution in [0, 0.1) is 5.21 Å². The number of carbonyl (C=O) groups is 1. The Morgan fingerprint density at radius 2 is 2.07 bits per heavy atom. The van der Waals surface area contributed by atoms with Gasteiger partial charge < -0.3 is 10.5 Å². The number of pyridine rings is 1. The van der Waals surface area contributed by atoms with Crippen molar-refractivity contribution in [2.75, 3.05) is 6.54 Å². The lowest BCUT2D eigenvalue weighted by molar-refractivity contribution is -0.605. The molecule has 1 aromatic heterocycles. The lowest BCUT2D eigenvalue weighted by Crippen LogP contribution is -2.28. The van der Waals surface area contributed by atoms with Gasteiger partial charge >= 0.3 is 0 Å². The molecule has 82 valence electrons. The normalized spacial score (nSPS) is 9.93. The van der Waals surface area contributed by atoms with Crippen molar-refractivity contribution in [3.8, 4) is 0 Å². The molecule has 0 aliphatic rings. The molecule has 15 heavy (non-hydrogen) atoms. The molecule has 0 aromatic carbocycles. The molecule has 0 radical (unpaired) electrons. The summed E-state index contributed by atoms with van der Waals surface area (Å²) in [6.07, 6.45) is 5.89. The maximum absolute atomic E-state index is 11.5. The van der Waals surface area contributed by atoms with Crippen molar-refractivity contribution in [3.63, 3.8) is 0 Å². The molecular formula is C11H16N2O2. The zero-order chi connectivity index (χ0) is 11.1. The van der Waals surface area contributed by atoms with Crippen molar-refractivity contribution >= 4 is 5.91 Å². The van der Waals surface area contributed by atoms with Gasteiger partial charge in [-0.3, -0.25) is 4.79 Å². The zero-order valence-corrected chi connectivity index (χ0v) is 8.90. The zero-order valence-electron chi connectivity index (χ0n) is 8.90. The number of amides is 1. The molecule has 4 nitrogen and oxygen atoms in total. The Morgan fingerprint density at radius 1 is 1.40 bits per heavy atom. The van der Waals surface area contributed by atoms with Crippen molar-refractivity contribution in [1.82, 2.24) is 5.32 Å². The Labute approximate surface area is 89.5 Å². The Morgan fingerprint density at radius 3 is 2.67 bits per heavy atom. The fourth-order valence-corrected chi connectivity index (χ4v) is 1.24. The Bertz CT molecular complexity index is 309. The van der Waals surface area contributed by atoms with Gasteiger partial charge in [-0.1, -0.05) is 19.8 Å². The van der Waals surface area contributed by atoms with E-state index in [1.807, 2.05) is 0 Å². The molecule has 0 bridgehead atoms. The highest BCUT2D eigenvalue weighted by molar-refractivity contribution is 5.93. The summed E-state index contributed by atoms with van der Waals surface area (Å²) in [5, 5.41) is 13.5. The van der Waals surface area contributed by atoms with Crippen LogP contribution in [0.4, 0.5) is 0 Å². The van der Waals surface area contributed by atoms with E-state index in [0.29, 0.717) is 16.8 Å². The summed E-state index contributed by atoms with van der Waals surface area (Å²) >= 11 is 0. The highest BCUT2D eigenvalue weighted by atomic mass is 16.5. The molecule has 0 aliphatic carbocycles. The molecule has 1 N–H and O–H groups in total. The Balaban J connectivity index is 2.37. The first-order valence-electron chi connectivity index (χ1n) is 5.21. The van der Waals surface area contributed by atoms with Gasteiger partial charge in [0.15, 0.2) is 12.4 Å². The van der Waals surface area contributed by atoms with E-state index in [-0.39, 0.29) is 5.91 Å². The summed E-state index contributed by atoms with van der Waals surface area (Å²) in [5.41, 5.74) is 0.526. The second kappa shape index (κ2) is 6.01. The van der Waals surface area contributed by atoms with E-state index in [2.05, 4.69) is 12.2 Å².